The van der Waals surface area contributed by atoms with Gasteiger partial charge in [-0.15, -0.1) is 11.3 Å². The number of nitrogens with one attached hydrogen (secondary N) is 1. The van der Waals surface area contributed by atoms with Crippen LogP contribution in [0, 0.1) is 0 Å². The molecule has 0 aliphatic rings. The molecule has 4 rings (SSSR count). The van der Waals surface area contributed by atoms with Gasteiger partial charge in [-0.1, -0.05) is 33.6 Å². The summed E-state index contributed by atoms with van der Waals surface area (Å²) in [7, 11) is 0. The number of fused-ring (bicyclic) bond motifs is 1. The zero-order valence-corrected chi connectivity index (χ0v) is 17.9. The first-order valence-corrected chi connectivity index (χ1v) is 10.5. The summed E-state index contributed by atoms with van der Waals surface area (Å²) in [5.41, 5.74) is 0.344. The van der Waals surface area contributed by atoms with E-state index in [0.29, 0.717) is 26.6 Å². The monoisotopic (exact) mass is 489 g/mol. The molecule has 2 aromatic heterocycles. The minimum absolute atomic E-state index is 0.233. The molecule has 0 aliphatic carbocycles. The van der Waals surface area contributed by atoms with Gasteiger partial charge in [-0.05, 0) is 53.9 Å². The van der Waals surface area contributed by atoms with Crippen molar-refractivity contribution in [3.05, 3.63) is 90.3 Å². The Morgan fingerprint density at radius 3 is 2.59 bits per heavy atom. The smallest absolute Gasteiger partial charge is 0.325 e. The lowest BCUT2D eigenvalue weighted by atomic mass is 10.3. The molecule has 29 heavy (non-hydrogen) atoms. The largest absolute Gasteiger partial charge is 0.336 e. The Kier molecular flexibility index (Phi) is 5.40. The zero-order valence-electron chi connectivity index (χ0n) is 14.8. The molecule has 9 heteroatoms. The molecule has 0 saturated carbocycles. The number of benzene rings is 2. The first kappa shape index (κ1) is 19.6. The molecule has 6 nitrogen and oxygen atoms in total. The number of hydrogen-bond acceptors (Lipinski definition) is 4. The number of hydrogen-bond donors (Lipinski definition) is 1. The highest BCUT2D eigenvalue weighted by Crippen LogP contribution is 2.18. The molecule has 0 spiro atoms. The maximum Gasteiger partial charge on any atom is 0.336 e. The third-order valence-corrected chi connectivity index (χ3v) is 5.91. The molecule has 4 aromatic rings. The molecule has 0 aliphatic heterocycles. The molecule has 0 saturated heterocycles. The van der Waals surface area contributed by atoms with Crippen LogP contribution >= 0.6 is 38.9 Å². The summed E-state index contributed by atoms with van der Waals surface area (Å²) in [5.74, 6) is -0.377. The van der Waals surface area contributed by atoms with E-state index in [9.17, 15) is 14.4 Å². The summed E-state index contributed by atoms with van der Waals surface area (Å²) in [6.45, 7) is -0.233. The molecule has 146 valence electrons. The summed E-state index contributed by atoms with van der Waals surface area (Å²) in [4.78, 5) is 38.6. The van der Waals surface area contributed by atoms with E-state index >= 15 is 0 Å². The molecule has 2 aromatic carbocycles. The zero-order chi connectivity index (χ0) is 20.5. The van der Waals surface area contributed by atoms with E-state index in [4.69, 9.17) is 11.6 Å². The Labute approximate surface area is 182 Å². The van der Waals surface area contributed by atoms with E-state index in [1.54, 1.807) is 53.9 Å². The fourth-order valence-corrected chi connectivity index (χ4v) is 4.23. The van der Waals surface area contributed by atoms with Crippen molar-refractivity contribution in [1.82, 2.24) is 9.13 Å². The van der Waals surface area contributed by atoms with Crippen molar-refractivity contribution in [3.63, 3.8) is 0 Å². The SMILES string of the molecule is O=C(Cn1c(=O)n(-c2cccc(Cl)c2)c(=O)c2sccc21)Nc1ccc(Br)cc1. The first-order valence-electron chi connectivity index (χ1n) is 8.48. The van der Waals surface area contributed by atoms with Gasteiger partial charge in [-0.3, -0.25) is 14.2 Å². The van der Waals surface area contributed by atoms with Crippen molar-refractivity contribution >= 4 is 60.7 Å². The normalized spacial score (nSPS) is 11.0. The summed E-state index contributed by atoms with van der Waals surface area (Å²) in [6, 6.07) is 15.2. The van der Waals surface area contributed by atoms with E-state index in [-0.39, 0.29) is 12.5 Å². The Balaban J connectivity index is 1.79. The van der Waals surface area contributed by atoms with Crippen molar-refractivity contribution in [1.29, 1.82) is 0 Å². The molecule has 0 fully saturated rings. The third kappa shape index (κ3) is 3.91. The number of carbonyl (C=O) groups excluding carboxylic acids is 1. The Morgan fingerprint density at radius 2 is 1.86 bits per heavy atom. The molecule has 1 amide bonds. The van der Waals surface area contributed by atoms with Gasteiger partial charge in [0.05, 0.1) is 11.2 Å². The minimum atomic E-state index is -0.603. The number of anilines is 1. The lowest BCUT2D eigenvalue weighted by Crippen LogP contribution is -2.40. The average molecular weight is 491 g/mol. The molecule has 0 atom stereocenters. The van der Waals surface area contributed by atoms with Crippen molar-refractivity contribution in [2.24, 2.45) is 0 Å². The topological polar surface area (TPSA) is 73.1 Å². The van der Waals surface area contributed by atoms with Gasteiger partial charge in [0.1, 0.15) is 11.2 Å². The lowest BCUT2D eigenvalue weighted by Gasteiger charge is -2.12. The molecule has 0 unspecified atom stereocenters. The van der Waals surface area contributed by atoms with E-state index < -0.39 is 11.2 Å². The maximum absolute atomic E-state index is 13.1. The van der Waals surface area contributed by atoms with Crippen LogP contribution in [-0.2, 0) is 11.3 Å². The number of carbonyl (C=O) groups is 1. The van der Waals surface area contributed by atoms with Crippen LogP contribution in [0.25, 0.3) is 15.9 Å². The van der Waals surface area contributed by atoms with E-state index in [1.165, 1.54) is 22.0 Å². The second-order valence-corrected chi connectivity index (χ2v) is 8.45. The number of rotatable bonds is 4. The molecular formula is C20H13BrClN3O3S. The summed E-state index contributed by atoms with van der Waals surface area (Å²) >= 11 is 10.6. The van der Waals surface area contributed by atoms with Crippen LogP contribution in [0.3, 0.4) is 0 Å². The Bertz CT molecular complexity index is 1340. The van der Waals surface area contributed by atoms with Crippen LogP contribution in [-0.4, -0.2) is 15.0 Å². The van der Waals surface area contributed by atoms with Crippen LogP contribution in [0.15, 0.2) is 74.0 Å². The number of amides is 1. The van der Waals surface area contributed by atoms with Gasteiger partial charge in [0.2, 0.25) is 5.91 Å². The van der Waals surface area contributed by atoms with Crippen molar-refractivity contribution in [2.75, 3.05) is 5.32 Å². The van der Waals surface area contributed by atoms with Gasteiger partial charge in [0, 0.05) is 15.2 Å². The van der Waals surface area contributed by atoms with Crippen LogP contribution in [0.1, 0.15) is 0 Å². The summed E-state index contributed by atoms with van der Waals surface area (Å²) in [6.07, 6.45) is 0. The molecule has 2 heterocycles. The second kappa shape index (κ2) is 7.98. The van der Waals surface area contributed by atoms with Gasteiger partial charge in [-0.25, -0.2) is 9.36 Å². The van der Waals surface area contributed by atoms with Gasteiger partial charge < -0.3 is 5.32 Å². The molecular weight excluding hydrogens is 478 g/mol. The lowest BCUT2D eigenvalue weighted by molar-refractivity contribution is -0.116. The number of thiophene rings is 1. The molecule has 0 radical (unpaired) electrons. The standard InChI is InChI=1S/C20H13BrClN3O3S/c21-12-4-6-14(7-5-12)23-17(26)11-24-16-8-9-29-18(16)19(27)25(20(24)28)15-3-1-2-13(22)10-15/h1-10H,11H2,(H,23,26). The molecule has 1 N–H and O–H groups in total. The second-order valence-electron chi connectivity index (χ2n) is 6.18. The van der Waals surface area contributed by atoms with Gasteiger partial charge in [0.25, 0.3) is 5.56 Å². The van der Waals surface area contributed by atoms with E-state index in [2.05, 4.69) is 21.2 Å². The minimum Gasteiger partial charge on any atom is -0.325 e. The maximum atomic E-state index is 13.1. The van der Waals surface area contributed by atoms with Crippen LogP contribution in [0.4, 0.5) is 5.69 Å². The first-order chi connectivity index (χ1) is 13.9. The number of aromatic nitrogens is 2. The quantitative estimate of drug-likeness (QED) is 0.464. The van der Waals surface area contributed by atoms with Gasteiger partial charge >= 0.3 is 5.69 Å². The Morgan fingerprint density at radius 1 is 1.10 bits per heavy atom. The van der Waals surface area contributed by atoms with Crippen molar-refractivity contribution in [3.8, 4) is 5.69 Å². The van der Waals surface area contributed by atoms with Gasteiger partial charge in [-0.2, -0.15) is 0 Å². The van der Waals surface area contributed by atoms with Gasteiger partial charge in [0.15, 0.2) is 0 Å². The summed E-state index contributed by atoms with van der Waals surface area (Å²) < 4.78 is 3.61. The van der Waals surface area contributed by atoms with Crippen molar-refractivity contribution < 1.29 is 4.79 Å². The predicted octanol–water partition coefficient (Wildman–Crippen LogP) is 4.27. The van der Waals surface area contributed by atoms with E-state index in [0.717, 1.165) is 9.04 Å². The van der Waals surface area contributed by atoms with Crippen LogP contribution in [0.2, 0.25) is 5.02 Å². The average Bonchev–Trinajstić information content (AvgIpc) is 3.17. The fourth-order valence-electron chi connectivity index (χ4n) is 2.96. The summed E-state index contributed by atoms with van der Waals surface area (Å²) in [5, 5.41) is 4.88. The van der Waals surface area contributed by atoms with Crippen LogP contribution < -0.4 is 16.6 Å². The fraction of sp³-hybridized carbons (Fsp3) is 0.0500. The highest BCUT2D eigenvalue weighted by molar-refractivity contribution is 9.10. The number of nitrogens with zero attached hydrogens (tertiary/aromatic N) is 2. The predicted molar refractivity (Wildman–Crippen MR) is 119 cm³/mol. The Hall–Kier alpha value is -2.68. The highest BCUT2D eigenvalue weighted by atomic mass is 79.9. The number of halogens is 2. The van der Waals surface area contributed by atoms with Crippen molar-refractivity contribution in [2.45, 2.75) is 6.54 Å². The van der Waals surface area contributed by atoms with E-state index in [1.807, 2.05) is 0 Å². The van der Waals surface area contributed by atoms with Crippen LogP contribution in [0.5, 0.6) is 0 Å². The molecule has 0 bridgehead atoms. The third-order valence-electron chi connectivity index (χ3n) is 4.25. The highest BCUT2D eigenvalue weighted by Gasteiger charge is 2.17.